The van der Waals surface area contributed by atoms with E-state index in [1.54, 1.807) is 7.05 Å². The van der Waals surface area contributed by atoms with Gasteiger partial charge in [-0.2, -0.15) is 0 Å². The summed E-state index contributed by atoms with van der Waals surface area (Å²) in [5, 5.41) is 13.6. The zero-order chi connectivity index (χ0) is 14.9. The molecule has 0 amide bonds. The van der Waals surface area contributed by atoms with Gasteiger partial charge in [-0.1, -0.05) is 0 Å². The molecule has 0 bridgehead atoms. The number of nitrogens with one attached hydrogen (secondary N) is 1. The maximum atomic E-state index is 12.5. The third-order valence-electron chi connectivity index (χ3n) is 3.35. The molecule has 0 unspecified atom stereocenters. The molecule has 8 heteroatoms. The van der Waals surface area contributed by atoms with Crippen molar-refractivity contribution in [2.24, 2.45) is 5.92 Å². The molecule has 1 saturated carbocycles. The molecule has 0 radical (unpaired) electrons. The van der Waals surface area contributed by atoms with Crippen molar-refractivity contribution in [3.05, 3.63) is 28.3 Å². The van der Waals surface area contributed by atoms with Crippen LogP contribution in [0.15, 0.2) is 23.1 Å². The molecule has 1 aromatic carbocycles. The first kappa shape index (κ1) is 14.7. The van der Waals surface area contributed by atoms with Crippen molar-refractivity contribution >= 4 is 21.4 Å². The third kappa shape index (κ3) is 2.91. The number of non-ortho nitro benzene ring substituents is 1. The summed E-state index contributed by atoms with van der Waals surface area (Å²) in [7, 11) is -0.636. The van der Waals surface area contributed by atoms with Gasteiger partial charge in [-0.05, 0) is 24.8 Å². The molecule has 0 spiro atoms. The van der Waals surface area contributed by atoms with Gasteiger partial charge in [-0.25, -0.2) is 12.7 Å². The van der Waals surface area contributed by atoms with Crippen molar-refractivity contribution in [1.29, 1.82) is 0 Å². The first-order valence-corrected chi connectivity index (χ1v) is 7.73. The topological polar surface area (TPSA) is 92.5 Å². The number of rotatable bonds is 6. The largest absolute Gasteiger partial charge is 0.387 e. The molecule has 0 atom stereocenters. The lowest BCUT2D eigenvalue weighted by Gasteiger charge is -2.18. The summed E-state index contributed by atoms with van der Waals surface area (Å²) in [5.74, 6) is 0.409. The van der Waals surface area contributed by atoms with Gasteiger partial charge in [0, 0.05) is 32.8 Å². The van der Waals surface area contributed by atoms with Crippen molar-refractivity contribution < 1.29 is 13.3 Å². The molecule has 1 N–H and O–H groups in total. The van der Waals surface area contributed by atoms with E-state index in [4.69, 9.17) is 0 Å². The SMILES string of the molecule is CNc1ccc([N+](=O)[O-])cc1S(=O)(=O)N(C)CC1CC1. The van der Waals surface area contributed by atoms with Crippen LogP contribution in [-0.4, -0.2) is 38.3 Å². The summed E-state index contributed by atoms with van der Waals surface area (Å²) in [6, 6.07) is 3.80. The van der Waals surface area contributed by atoms with E-state index in [0.29, 0.717) is 18.2 Å². The molecule has 20 heavy (non-hydrogen) atoms. The fourth-order valence-corrected chi connectivity index (χ4v) is 3.44. The van der Waals surface area contributed by atoms with Gasteiger partial charge in [0.05, 0.1) is 10.6 Å². The highest BCUT2D eigenvalue weighted by Crippen LogP contribution is 2.33. The van der Waals surface area contributed by atoms with Gasteiger partial charge in [-0.15, -0.1) is 0 Å². The predicted octanol–water partition coefficient (Wildman–Crippen LogP) is 1.67. The molecule has 1 aliphatic carbocycles. The van der Waals surface area contributed by atoms with Gasteiger partial charge in [0.2, 0.25) is 10.0 Å². The predicted molar refractivity (Wildman–Crippen MR) is 75.2 cm³/mol. The van der Waals surface area contributed by atoms with Crippen LogP contribution in [0.2, 0.25) is 0 Å². The number of sulfonamides is 1. The Morgan fingerprint density at radius 1 is 1.45 bits per heavy atom. The van der Waals surface area contributed by atoms with Crippen molar-refractivity contribution in [3.8, 4) is 0 Å². The Morgan fingerprint density at radius 3 is 2.60 bits per heavy atom. The summed E-state index contributed by atoms with van der Waals surface area (Å²) in [5.41, 5.74) is 0.126. The highest BCUT2D eigenvalue weighted by atomic mass is 32.2. The van der Waals surface area contributed by atoms with Crippen LogP contribution < -0.4 is 5.32 Å². The minimum absolute atomic E-state index is 0.0580. The Kier molecular flexibility index (Phi) is 3.96. The summed E-state index contributed by atoms with van der Waals surface area (Å²) in [6.45, 7) is 0.453. The molecule has 2 rings (SSSR count). The van der Waals surface area contributed by atoms with Crippen LogP contribution >= 0.6 is 0 Å². The molecule has 0 aliphatic heterocycles. The molecule has 7 nitrogen and oxygen atoms in total. The first-order chi connectivity index (χ1) is 9.36. The van der Waals surface area contributed by atoms with E-state index in [1.165, 1.54) is 23.5 Å². The van der Waals surface area contributed by atoms with E-state index < -0.39 is 14.9 Å². The fraction of sp³-hybridized carbons (Fsp3) is 0.500. The van der Waals surface area contributed by atoms with E-state index in [9.17, 15) is 18.5 Å². The Balaban J connectivity index is 2.42. The summed E-state index contributed by atoms with van der Waals surface area (Å²) in [4.78, 5) is 10.2. The number of benzene rings is 1. The van der Waals surface area contributed by atoms with Crippen LogP contribution in [0.5, 0.6) is 0 Å². The highest BCUT2D eigenvalue weighted by molar-refractivity contribution is 7.89. The molecular weight excluding hydrogens is 282 g/mol. The average Bonchev–Trinajstić information content (AvgIpc) is 3.21. The lowest BCUT2D eigenvalue weighted by atomic mass is 10.3. The van der Waals surface area contributed by atoms with Crippen molar-refractivity contribution in [1.82, 2.24) is 4.31 Å². The van der Waals surface area contributed by atoms with Gasteiger partial charge in [-0.3, -0.25) is 10.1 Å². The average molecular weight is 299 g/mol. The summed E-state index contributed by atoms with van der Waals surface area (Å²) >= 11 is 0. The smallest absolute Gasteiger partial charge is 0.270 e. The van der Waals surface area contributed by atoms with Gasteiger partial charge in [0.25, 0.3) is 5.69 Å². The minimum Gasteiger partial charge on any atom is -0.387 e. The van der Waals surface area contributed by atoms with Crippen LogP contribution in [0.25, 0.3) is 0 Å². The Hall–Kier alpha value is -1.67. The number of anilines is 1. The number of nitrogens with zero attached hydrogens (tertiary/aromatic N) is 2. The quantitative estimate of drug-likeness (QED) is 0.637. The maximum Gasteiger partial charge on any atom is 0.270 e. The van der Waals surface area contributed by atoms with Gasteiger partial charge < -0.3 is 5.32 Å². The lowest BCUT2D eigenvalue weighted by molar-refractivity contribution is -0.385. The number of nitro benzene ring substituents is 1. The number of hydrogen-bond donors (Lipinski definition) is 1. The van der Waals surface area contributed by atoms with E-state index in [2.05, 4.69) is 5.32 Å². The molecule has 1 fully saturated rings. The second-order valence-electron chi connectivity index (χ2n) is 4.92. The van der Waals surface area contributed by atoms with E-state index in [1.807, 2.05) is 0 Å². The Bertz CT molecular complexity index is 626. The van der Waals surface area contributed by atoms with Crippen LogP contribution in [0, 0.1) is 16.0 Å². The zero-order valence-corrected chi connectivity index (χ0v) is 12.2. The number of hydrogen-bond acceptors (Lipinski definition) is 5. The van der Waals surface area contributed by atoms with Crippen LogP contribution in [-0.2, 0) is 10.0 Å². The van der Waals surface area contributed by atoms with Gasteiger partial charge >= 0.3 is 0 Å². The Labute approximate surface area is 117 Å². The Morgan fingerprint density at radius 2 is 2.10 bits per heavy atom. The fourth-order valence-electron chi connectivity index (χ4n) is 1.97. The molecule has 0 aromatic heterocycles. The molecule has 0 saturated heterocycles. The first-order valence-electron chi connectivity index (χ1n) is 6.29. The van der Waals surface area contributed by atoms with Crippen molar-refractivity contribution in [3.63, 3.8) is 0 Å². The van der Waals surface area contributed by atoms with Crippen molar-refractivity contribution in [2.45, 2.75) is 17.7 Å². The maximum absolute atomic E-state index is 12.5. The second kappa shape index (κ2) is 5.37. The van der Waals surface area contributed by atoms with Crippen LogP contribution in [0.4, 0.5) is 11.4 Å². The third-order valence-corrected chi connectivity index (χ3v) is 5.21. The number of nitro groups is 1. The van der Waals surface area contributed by atoms with Crippen LogP contribution in [0.3, 0.4) is 0 Å². The van der Waals surface area contributed by atoms with Crippen molar-refractivity contribution in [2.75, 3.05) is 26.0 Å². The van der Waals surface area contributed by atoms with Gasteiger partial charge in [0.1, 0.15) is 4.90 Å². The molecular formula is C12H17N3O4S. The van der Waals surface area contributed by atoms with E-state index in [-0.39, 0.29) is 10.6 Å². The van der Waals surface area contributed by atoms with Crippen LogP contribution in [0.1, 0.15) is 12.8 Å². The molecule has 1 aliphatic rings. The van der Waals surface area contributed by atoms with Gasteiger partial charge in [0.15, 0.2) is 0 Å². The summed E-state index contributed by atoms with van der Waals surface area (Å²) < 4.78 is 26.3. The normalized spacial score (nSPS) is 15.3. The molecule has 110 valence electrons. The van der Waals surface area contributed by atoms with E-state index in [0.717, 1.165) is 18.9 Å². The lowest BCUT2D eigenvalue weighted by Crippen LogP contribution is -2.29. The molecule has 1 aromatic rings. The second-order valence-corrected chi connectivity index (χ2v) is 6.93. The standard InChI is InChI=1S/C12H17N3O4S/c1-13-11-6-5-10(15(16)17)7-12(11)20(18,19)14(2)8-9-3-4-9/h5-7,9,13H,3-4,8H2,1-2H3. The highest BCUT2D eigenvalue weighted by Gasteiger charge is 2.31. The summed E-state index contributed by atoms with van der Waals surface area (Å²) in [6.07, 6.45) is 2.07. The molecule has 0 heterocycles. The minimum atomic E-state index is -3.73. The monoisotopic (exact) mass is 299 g/mol. The van der Waals surface area contributed by atoms with E-state index >= 15 is 0 Å². The zero-order valence-electron chi connectivity index (χ0n) is 11.4.